The van der Waals surface area contributed by atoms with E-state index >= 15 is 0 Å². The van der Waals surface area contributed by atoms with Crippen molar-refractivity contribution in [3.8, 4) is 0 Å². The van der Waals surface area contributed by atoms with Crippen LogP contribution in [0.2, 0.25) is 0 Å². The highest BCUT2D eigenvalue weighted by molar-refractivity contribution is 5.40. The molecule has 1 aromatic heterocycles. The predicted molar refractivity (Wildman–Crippen MR) is 56.3 cm³/mol. The number of anilines is 3. The number of nitrogens with two attached hydrogens (primary N) is 2. The van der Waals surface area contributed by atoms with Gasteiger partial charge in [0.1, 0.15) is 0 Å². The maximum atomic E-state index is 5.50. The van der Waals surface area contributed by atoms with Gasteiger partial charge in [-0.2, -0.15) is 15.0 Å². The molecule has 0 bridgehead atoms. The second-order valence-electron chi connectivity index (χ2n) is 3.48. The fraction of sp³-hybridized carbons (Fsp3) is 0.625. The molecule has 1 aromatic rings. The van der Waals surface area contributed by atoms with E-state index in [0.29, 0.717) is 12.6 Å². The number of nitrogens with zero attached hydrogens (tertiary/aromatic N) is 4. The van der Waals surface area contributed by atoms with Crippen molar-refractivity contribution in [1.29, 1.82) is 0 Å². The van der Waals surface area contributed by atoms with E-state index in [0.717, 1.165) is 13.1 Å². The average molecular weight is 210 g/mol. The van der Waals surface area contributed by atoms with Crippen LogP contribution in [0.5, 0.6) is 0 Å². The molecule has 0 saturated carbocycles. The van der Waals surface area contributed by atoms with Gasteiger partial charge in [-0.3, -0.25) is 0 Å². The second-order valence-corrected chi connectivity index (χ2v) is 3.48. The Morgan fingerprint density at radius 1 is 1.27 bits per heavy atom. The lowest BCUT2D eigenvalue weighted by Crippen LogP contribution is -2.42. The molecule has 0 aromatic carbocycles. The maximum Gasteiger partial charge on any atom is 0.232 e. The number of aromatic nitrogens is 3. The van der Waals surface area contributed by atoms with Gasteiger partial charge in [-0.05, 0) is 6.92 Å². The van der Waals surface area contributed by atoms with Gasteiger partial charge >= 0.3 is 0 Å². The minimum absolute atomic E-state index is 0.150. The Balaban J connectivity index is 2.20. The summed E-state index contributed by atoms with van der Waals surface area (Å²) in [7, 11) is 0. The van der Waals surface area contributed by atoms with Gasteiger partial charge in [0.2, 0.25) is 17.8 Å². The van der Waals surface area contributed by atoms with Crippen LogP contribution in [0, 0.1) is 0 Å². The topological polar surface area (TPSA) is 103 Å². The van der Waals surface area contributed by atoms with E-state index in [1.165, 1.54) is 0 Å². The minimum Gasteiger partial charge on any atom is -0.375 e. The van der Waals surface area contributed by atoms with Crippen molar-refractivity contribution in [1.82, 2.24) is 15.0 Å². The normalized spacial score (nSPS) is 21.7. The third-order valence-corrected chi connectivity index (χ3v) is 2.18. The Kier molecular flexibility index (Phi) is 2.55. The molecule has 15 heavy (non-hydrogen) atoms. The highest BCUT2D eigenvalue weighted by atomic mass is 16.5. The Bertz CT molecular complexity index is 337. The molecule has 4 N–H and O–H groups in total. The van der Waals surface area contributed by atoms with Crippen LogP contribution >= 0.6 is 0 Å². The van der Waals surface area contributed by atoms with Gasteiger partial charge < -0.3 is 21.1 Å². The zero-order valence-corrected chi connectivity index (χ0v) is 8.55. The molecule has 1 aliphatic heterocycles. The van der Waals surface area contributed by atoms with Gasteiger partial charge in [-0.1, -0.05) is 0 Å². The summed E-state index contributed by atoms with van der Waals surface area (Å²) < 4.78 is 5.41. The lowest BCUT2D eigenvalue weighted by atomic mass is 10.3. The molecule has 1 fully saturated rings. The van der Waals surface area contributed by atoms with Crippen LogP contribution in [0.3, 0.4) is 0 Å². The number of rotatable bonds is 1. The fourth-order valence-electron chi connectivity index (χ4n) is 1.54. The molecule has 7 heteroatoms. The summed E-state index contributed by atoms with van der Waals surface area (Å²) in [6.45, 7) is 4.14. The van der Waals surface area contributed by atoms with Crippen molar-refractivity contribution in [2.45, 2.75) is 13.0 Å². The summed E-state index contributed by atoms with van der Waals surface area (Å²) in [5, 5.41) is 0. The van der Waals surface area contributed by atoms with E-state index in [1.807, 2.05) is 11.8 Å². The van der Waals surface area contributed by atoms with Crippen LogP contribution < -0.4 is 16.4 Å². The summed E-state index contributed by atoms with van der Waals surface area (Å²) in [5.41, 5.74) is 11.0. The zero-order chi connectivity index (χ0) is 10.8. The summed E-state index contributed by atoms with van der Waals surface area (Å²) in [4.78, 5) is 13.8. The van der Waals surface area contributed by atoms with Crippen LogP contribution in [-0.2, 0) is 4.74 Å². The highest BCUT2D eigenvalue weighted by Crippen LogP contribution is 2.14. The van der Waals surface area contributed by atoms with Crippen LogP contribution in [0.25, 0.3) is 0 Å². The van der Waals surface area contributed by atoms with Crippen molar-refractivity contribution >= 4 is 17.8 Å². The van der Waals surface area contributed by atoms with Gasteiger partial charge in [-0.25, -0.2) is 0 Å². The zero-order valence-electron chi connectivity index (χ0n) is 8.55. The maximum absolute atomic E-state index is 5.50. The monoisotopic (exact) mass is 210 g/mol. The first kappa shape index (κ1) is 9.91. The molecule has 0 aliphatic carbocycles. The molecule has 0 radical (unpaired) electrons. The van der Waals surface area contributed by atoms with Crippen molar-refractivity contribution in [2.75, 3.05) is 36.1 Å². The lowest BCUT2D eigenvalue weighted by Gasteiger charge is -2.31. The third kappa shape index (κ3) is 2.24. The minimum atomic E-state index is 0.150. The number of hydrogen-bond donors (Lipinski definition) is 2. The van der Waals surface area contributed by atoms with E-state index in [4.69, 9.17) is 16.2 Å². The molecular weight excluding hydrogens is 196 g/mol. The SMILES string of the molecule is CC1CN(c2nc(N)nc(N)n2)CCO1. The van der Waals surface area contributed by atoms with E-state index < -0.39 is 0 Å². The van der Waals surface area contributed by atoms with Gasteiger partial charge in [0.05, 0.1) is 12.7 Å². The Hall–Kier alpha value is -1.63. The summed E-state index contributed by atoms with van der Waals surface area (Å²) in [6.07, 6.45) is 0.165. The second kappa shape index (κ2) is 3.85. The van der Waals surface area contributed by atoms with E-state index in [9.17, 15) is 0 Å². The molecule has 2 heterocycles. The van der Waals surface area contributed by atoms with Crippen LogP contribution in [0.4, 0.5) is 17.8 Å². The highest BCUT2D eigenvalue weighted by Gasteiger charge is 2.19. The molecule has 0 amide bonds. The molecule has 1 atom stereocenters. The molecule has 2 rings (SSSR count). The van der Waals surface area contributed by atoms with Crippen molar-refractivity contribution in [3.05, 3.63) is 0 Å². The van der Waals surface area contributed by atoms with E-state index in [1.54, 1.807) is 0 Å². The van der Waals surface area contributed by atoms with Gasteiger partial charge in [0, 0.05) is 13.1 Å². The lowest BCUT2D eigenvalue weighted by molar-refractivity contribution is 0.0526. The van der Waals surface area contributed by atoms with Crippen molar-refractivity contribution < 1.29 is 4.74 Å². The number of ether oxygens (including phenoxy) is 1. The average Bonchev–Trinajstić information content (AvgIpc) is 2.16. The Morgan fingerprint density at radius 3 is 2.53 bits per heavy atom. The first-order chi connectivity index (χ1) is 7.15. The summed E-state index contributed by atoms with van der Waals surface area (Å²) in [6, 6.07) is 0. The molecule has 7 nitrogen and oxygen atoms in total. The molecular formula is C8H14N6O. The smallest absolute Gasteiger partial charge is 0.232 e. The number of nitrogen functional groups attached to an aromatic ring is 2. The van der Waals surface area contributed by atoms with Gasteiger partial charge in [-0.15, -0.1) is 0 Å². The number of hydrogen-bond acceptors (Lipinski definition) is 7. The Morgan fingerprint density at radius 2 is 1.93 bits per heavy atom. The van der Waals surface area contributed by atoms with Crippen LogP contribution in [0.1, 0.15) is 6.92 Å². The molecule has 1 unspecified atom stereocenters. The standard InChI is InChI=1S/C8H14N6O/c1-5-4-14(2-3-15-5)8-12-6(9)11-7(10)13-8/h5H,2-4H2,1H3,(H4,9,10,11,12,13). The third-order valence-electron chi connectivity index (χ3n) is 2.18. The largest absolute Gasteiger partial charge is 0.375 e. The molecule has 1 aliphatic rings. The van der Waals surface area contributed by atoms with Crippen molar-refractivity contribution in [2.24, 2.45) is 0 Å². The first-order valence-corrected chi connectivity index (χ1v) is 4.79. The number of morpholine rings is 1. The van der Waals surface area contributed by atoms with E-state index in [-0.39, 0.29) is 18.0 Å². The Labute approximate surface area is 87.5 Å². The van der Waals surface area contributed by atoms with E-state index in [2.05, 4.69) is 15.0 Å². The summed E-state index contributed by atoms with van der Waals surface area (Å²) in [5.74, 6) is 0.823. The van der Waals surface area contributed by atoms with Crippen LogP contribution in [-0.4, -0.2) is 40.8 Å². The van der Waals surface area contributed by atoms with Gasteiger partial charge in [0.15, 0.2) is 0 Å². The van der Waals surface area contributed by atoms with Crippen molar-refractivity contribution in [3.63, 3.8) is 0 Å². The van der Waals surface area contributed by atoms with Crippen LogP contribution in [0.15, 0.2) is 0 Å². The molecule has 1 saturated heterocycles. The quantitative estimate of drug-likeness (QED) is 0.629. The fourth-order valence-corrected chi connectivity index (χ4v) is 1.54. The molecule has 0 spiro atoms. The van der Waals surface area contributed by atoms with Gasteiger partial charge in [0.25, 0.3) is 0 Å². The predicted octanol–water partition coefficient (Wildman–Crippen LogP) is -0.739. The summed E-state index contributed by atoms with van der Waals surface area (Å²) >= 11 is 0. The molecule has 82 valence electrons. The first-order valence-electron chi connectivity index (χ1n) is 4.79.